The Morgan fingerprint density at radius 3 is 0.962 bits per heavy atom. The van der Waals surface area contributed by atoms with Gasteiger partial charge in [-0.1, -0.05) is 0 Å². The van der Waals surface area contributed by atoms with E-state index in [-0.39, 0.29) is 0 Å². The Kier molecular flexibility index (Phi) is 3.42. The van der Waals surface area contributed by atoms with E-state index in [4.69, 9.17) is 9.98 Å². The molecule has 2 heteroatoms. The molecular formula is C24H36N2. The molecule has 26 heavy (non-hydrogen) atoms. The molecule has 8 bridgehead atoms. The van der Waals surface area contributed by atoms with Crippen molar-refractivity contribution in [3.63, 3.8) is 0 Å². The Morgan fingerprint density at radius 1 is 0.500 bits per heavy atom. The highest BCUT2D eigenvalue weighted by molar-refractivity contribution is 6.40. The van der Waals surface area contributed by atoms with Crippen molar-refractivity contribution in [3.8, 4) is 0 Å². The van der Waals surface area contributed by atoms with Crippen LogP contribution in [-0.2, 0) is 0 Å². The van der Waals surface area contributed by atoms with Crippen LogP contribution < -0.4 is 0 Å². The maximum absolute atomic E-state index is 5.45. The first-order valence-corrected chi connectivity index (χ1v) is 11.6. The van der Waals surface area contributed by atoms with Crippen molar-refractivity contribution in [2.75, 3.05) is 0 Å². The largest absolute Gasteiger partial charge is 0.282 e. The molecule has 0 radical (unpaired) electrons. The summed E-state index contributed by atoms with van der Waals surface area (Å²) in [6.07, 6.45) is 17.3. The monoisotopic (exact) mass is 352 g/mol. The molecule has 0 heterocycles. The predicted molar refractivity (Wildman–Crippen MR) is 108 cm³/mol. The lowest BCUT2D eigenvalue weighted by atomic mass is 9.53. The lowest BCUT2D eigenvalue weighted by Gasteiger charge is -2.55. The predicted octanol–water partition coefficient (Wildman–Crippen LogP) is 5.85. The summed E-state index contributed by atoms with van der Waals surface area (Å²) >= 11 is 0. The number of rotatable bonds is 3. The molecule has 0 saturated heterocycles. The molecule has 0 aliphatic heterocycles. The first-order chi connectivity index (χ1) is 12.5. The molecule has 142 valence electrons. The molecule has 0 aromatic heterocycles. The molecule has 0 amide bonds. The van der Waals surface area contributed by atoms with Crippen molar-refractivity contribution >= 4 is 11.4 Å². The molecule has 8 rings (SSSR count). The van der Waals surface area contributed by atoms with Crippen LogP contribution in [0.5, 0.6) is 0 Å². The highest BCUT2D eigenvalue weighted by atomic mass is 15.0. The Labute approximate surface area is 159 Å². The highest BCUT2D eigenvalue weighted by Gasteiger charge is 2.52. The number of hydrogen-bond donors (Lipinski definition) is 0. The van der Waals surface area contributed by atoms with Crippen molar-refractivity contribution in [3.05, 3.63) is 0 Å². The SMILES string of the molecule is CC(=NC12CC3CC(CC(C3)C1)C2)C(C)=NC12CC3CC(CC(C3)C1)C2. The molecule has 0 N–H and O–H groups in total. The van der Waals surface area contributed by atoms with Crippen molar-refractivity contribution in [2.24, 2.45) is 45.5 Å². The van der Waals surface area contributed by atoms with Crippen LogP contribution in [0.1, 0.15) is 90.9 Å². The fourth-order valence-electron chi connectivity index (χ4n) is 9.28. The quantitative estimate of drug-likeness (QED) is 0.570. The normalized spacial score (nSPS) is 55.0. The summed E-state index contributed by atoms with van der Waals surface area (Å²) in [6, 6.07) is 0. The van der Waals surface area contributed by atoms with Gasteiger partial charge in [-0.15, -0.1) is 0 Å². The van der Waals surface area contributed by atoms with Gasteiger partial charge in [0.25, 0.3) is 0 Å². The van der Waals surface area contributed by atoms with Crippen LogP contribution in [0, 0.1) is 35.5 Å². The molecule has 8 aliphatic rings. The number of aliphatic imine (C=N–C) groups is 2. The van der Waals surface area contributed by atoms with E-state index in [9.17, 15) is 0 Å². The average Bonchev–Trinajstić information content (AvgIpc) is 2.51. The van der Waals surface area contributed by atoms with Gasteiger partial charge in [0.15, 0.2) is 0 Å². The molecule has 0 aromatic carbocycles. The van der Waals surface area contributed by atoms with Gasteiger partial charge in [-0.2, -0.15) is 0 Å². The molecule has 0 aromatic rings. The van der Waals surface area contributed by atoms with Crippen LogP contribution >= 0.6 is 0 Å². The van der Waals surface area contributed by atoms with Gasteiger partial charge in [0.2, 0.25) is 0 Å². The third kappa shape index (κ3) is 2.57. The van der Waals surface area contributed by atoms with Crippen molar-refractivity contribution < 1.29 is 0 Å². The topological polar surface area (TPSA) is 24.7 Å². The van der Waals surface area contributed by atoms with E-state index in [0.717, 1.165) is 35.5 Å². The van der Waals surface area contributed by atoms with E-state index in [0.29, 0.717) is 11.1 Å². The molecule has 0 unspecified atom stereocenters. The summed E-state index contributed by atoms with van der Waals surface area (Å²) in [5, 5.41) is 0. The van der Waals surface area contributed by atoms with E-state index in [2.05, 4.69) is 13.8 Å². The average molecular weight is 353 g/mol. The Hall–Kier alpha value is -0.660. The highest BCUT2D eigenvalue weighted by Crippen LogP contribution is 2.58. The zero-order valence-electron chi connectivity index (χ0n) is 16.8. The van der Waals surface area contributed by atoms with Crippen LogP contribution in [0.2, 0.25) is 0 Å². The fourth-order valence-corrected chi connectivity index (χ4v) is 9.28. The summed E-state index contributed by atoms with van der Waals surface area (Å²) in [6.45, 7) is 4.55. The molecular weight excluding hydrogens is 316 g/mol. The van der Waals surface area contributed by atoms with Crippen molar-refractivity contribution in [1.29, 1.82) is 0 Å². The standard InChI is InChI=1S/C24H36N2/c1-15(25-23-9-17-3-18(10-23)5-19(4-17)11-23)16(2)26-24-12-20-6-21(13-24)8-22(7-20)14-24/h17-22H,3-14H2,1-2H3. The van der Waals surface area contributed by atoms with Crippen LogP contribution in [0.25, 0.3) is 0 Å². The van der Waals surface area contributed by atoms with E-state index < -0.39 is 0 Å². The molecule has 0 atom stereocenters. The zero-order chi connectivity index (χ0) is 17.5. The van der Waals surface area contributed by atoms with Gasteiger partial charge in [0.05, 0.1) is 22.5 Å². The minimum absolute atomic E-state index is 0.303. The lowest BCUT2D eigenvalue weighted by Crippen LogP contribution is -2.50. The summed E-state index contributed by atoms with van der Waals surface area (Å²) < 4.78 is 0. The Bertz CT molecular complexity index is 541. The minimum atomic E-state index is 0.303. The zero-order valence-corrected chi connectivity index (χ0v) is 16.8. The minimum Gasteiger partial charge on any atom is -0.282 e. The smallest absolute Gasteiger partial charge is 0.0620 e. The second kappa shape index (κ2) is 5.45. The Morgan fingerprint density at radius 2 is 0.731 bits per heavy atom. The fraction of sp³-hybridized carbons (Fsp3) is 0.917. The third-order valence-corrected chi connectivity index (χ3v) is 9.35. The molecule has 8 fully saturated rings. The van der Waals surface area contributed by atoms with Gasteiger partial charge in [0, 0.05) is 0 Å². The lowest BCUT2D eigenvalue weighted by molar-refractivity contribution is 0.000928. The van der Waals surface area contributed by atoms with Crippen LogP contribution in [0.3, 0.4) is 0 Å². The number of hydrogen-bond acceptors (Lipinski definition) is 2. The summed E-state index contributed by atoms with van der Waals surface area (Å²) in [4.78, 5) is 10.9. The maximum atomic E-state index is 5.45. The van der Waals surface area contributed by atoms with Crippen LogP contribution in [-0.4, -0.2) is 22.5 Å². The first kappa shape index (κ1) is 16.3. The summed E-state index contributed by atoms with van der Waals surface area (Å²) in [5.74, 6) is 5.91. The maximum Gasteiger partial charge on any atom is 0.0620 e. The second-order valence-corrected chi connectivity index (χ2v) is 11.7. The van der Waals surface area contributed by atoms with Gasteiger partial charge >= 0.3 is 0 Å². The van der Waals surface area contributed by atoms with Gasteiger partial charge < -0.3 is 0 Å². The third-order valence-electron chi connectivity index (χ3n) is 9.35. The second-order valence-electron chi connectivity index (χ2n) is 11.7. The van der Waals surface area contributed by atoms with Gasteiger partial charge in [-0.05, 0) is 126 Å². The van der Waals surface area contributed by atoms with Crippen LogP contribution in [0.4, 0.5) is 0 Å². The van der Waals surface area contributed by atoms with E-state index in [1.807, 2.05) is 0 Å². The van der Waals surface area contributed by atoms with Gasteiger partial charge in [0.1, 0.15) is 0 Å². The first-order valence-electron chi connectivity index (χ1n) is 11.6. The van der Waals surface area contributed by atoms with E-state index in [1.54, 1.807) is 0 Å². The van der Waals surface area contributed by atoms with Gasteiger partial charge in [-0.3, -0.25) is 9.98 Å². The van der Waals surface area contributed by atoms with Crippen molar-refractivity contribution in [1.82, 2.24) is 0 Å². The Balaban J connectivity index is 1.27. The van der Waals surface area contributed by atoms with Crippen LogP contribution in [0.15, 0.2) is 9.98 Å². The van der Waals surface area contributed by atoms with E-state index >= 15 is 0 Å². The van der Waals surface area contributed by atoms with Crippen molar-refractivity contribution in [2.45, 2.75) is 102 Å². The summed E-state index contributed by atoms with van der Waals surface area (Å²) in [5.41, 5.74) is 3.17. The molecule has 8 saturated carbocycles. The molecule has 8 aliphatic carbocycles. The number of nitrogens with zero attached hydrogens (tertiary/aromatic N) is 2. The van der Waals surface area contributed by atoms with Gasteiger partial charge in [-0.25, -0.2) is 0 Å². The molecule has 2 nitrogen and oxygen atoms in total. The van der Waals surface area contributed by atoms with E-state index in [1.165, 1.54) is 88.5 Å². The molecule has 0 spiro atoms. The summed E-state index contributed by atoms with van der Waals surface area (Å²) in [7, 11) is 0.